The smallest absolute Gasteiger partial charge is 0.266 e. The van der Waals surface area contributed by atoms with E-state index in [1.807, 2.05) is 0 Å². The maximum Gasteiger partial charge on any atom is 0.266 e. The van der Waals surface area contributed by atoms with Crippen molar-refractivity contribution in [1.82, 2.24) is 0 Å². The van der Waals surface area contributed by atoms with Crippen LogP contribution in [-0.2, 0) is 0 Å². The number of rotatable bonds is 5. The molecule has 0 bridgehead atoms. The van der Waals surface area contributed by atoms with Crippen LogP contribution in [0.3, 0.4) is 0 Å². The number of hydrogen-bond donors (Lipinski definition) is 1. The van der Waals surface area contributed by atoms with Crippen molar-refractivity contribution < 1.29 is 23.9 Å². The average molecular weight is 471 g/mol. The van der Waals surface area contributed by atoms with Gasteiger partial charge in [-0.2, -0.15) is 0 Å². The number of benzene rings is 3. The predicted octanol–water partition coefficient (Wildman–Crippen LogP) is 5.06. The molecule has 1 aliphatic rings. The molecule has 1 aliphatic heterocycles. The van der Waals surface area contributed by atoms with Crippen molar-refractivity contribution in [3.8, 4) is 11.5 Å². The van der Waals surface area contributed by atoms with E-state index in [1.54, 1.807) is 36.4 Å². The molecule has 1 heterocycles. The summed E-state index contributed by atoms with van der Waals surface area (Å²) in [6.45, 7) is 0. The Morgan fingerprint density at radius 3 is 2.12 bits per heavy atom. The molecule has 1 N–H and O–H groups in total. The standard InChI is InChI=1S/C23H16Cl2N2O5/c1-31-14-6-7-20(32-2)19(9-14)26-21(28)12-4-3-5-13(8-12)27-22(29)15-10-17(24)18(25)11-16(15)23(27)30/h3-11H,1-2H3,(H,26,28). The fraction of sp³-hybridized carbons (Fsp3) is 0.0870. The molecule has 9 heteroatoms. The highest BCUT2D eigenvalue weighted by Gasteiger charge is 2.37. The number of halogens is 2. The average Bonchev–Trinajstić information content (AvgIpc) is 3.03. The van der Waals surface area contributed by atoms with Gasteiger partial charge in [0.15, 0.2) is 0 Å². The van der Waals surface area contributed by atoms with Crippen molar-refractivity contribution in [2.24, 2.45) is 0 Å². The summed E-state index contributed by atoms with van der Waals surface area (Å²) in [7, 11) is 3.00. The minimum absolute atomic E-state index is 0.153. The molecule has 0 fully saturated rings. The van der Waals surface area contributed by atoms with Crippen molar-refractivity contribution >= 4 is 52.3 Å². The number of anilines is 2. The highest BCUT2D eigenvalue weighted by molar-refractivity contribution is 6.44. The highest BCUT2D eigenvalue weighted by atomic mass is 35.5. The van der Waals surface area contributed by atoms with Gasteiger partial charge in [0, 0.05) is 11.6 Å². The Morgan fingerprint density at radius 2 is 1.53 bits per heavy atom. The first-order valence-corrected chi connectivity index (χ1v) is 10.1. The molecular weight excluding hydrogens is 455 g/mol. The van der Waals surface area contributed by atoms with Crippen LogP contribution >= 0.6 is 23.2 Å². The number of nitrogens with one attached hydrogen (secondary N) is 1. The van der Waals surface area contributed by atoms with E-state index in [-0.39, 0.29) is 32.4 Å². The summed E-state index contributed by atoms with van der Waals surface area (Å²) in [6, 6.07) is 13.9. The van der Waals surface area contributed by atoms with Crippen molar-refractivity contribution in [2.45, 2.75) is 0 Å². The second-order valence-electron chi connectivity index (χ2n) is 6.83. The normalized spacial score (nSPS) is 12.6. The molecule has 3 amide bonds. The molecule has 0 aliphatic carbocycles. The molecule has 3 aromatic carbocycles. The third kappa shape index (κ3) is 3.77. The van der Waals surface area contributed by atoms with Crippen molar-refractivity contribution in [3.63, 3.8) is 0 Å². The van der Waals surface area contributed by atoms with E-state index < -0.39 is 17.7 Å². The lowest BCUT2D eigenvalue weighted by Crippen LogP contribution is -2.29. The van der Waals surface area contributed by atoms with Gasteiger partial charge >= 0.3 is 0 Å². The quantitative estimate of drug-likeness (QED) is 0.526. The SMILES string of the molecule is COc1ccc(OC)c(NC(=O)c2cccc(N3C(=O)c4cc(Cl)c(Cl)cc4C3=O)c2)c1. The fourth-order valence-electron chi connectivity index (χ4n) is 3.36. The van der Waals surface area contributed by atoms with Gasteiger partial charge in [-0.3, -0.25) is 14.4 Å². The Bertz CT molecular complexity index is 1230. The van der Waals surface area contributed by atoms with Crippen LogP contribution in [0.2, 0.25) is 10.0 Å². The number of carbonyl (C=O) groups excluding carboxylic acids is 3. The van der Waals surface area contributed by atoms with Gasteiger partial charge < -0.3 is 14.8 Å². The van der Waals surface area contributed by atoms with E-state index in [2.05, 4.69) is 5.32 Å². The van der Waals surface area contributed by atoms with Gasteiger partial charge in [0.25, 0.3) is 17.7 Å². The Balaban J connectivity index is 1.64. The molecule has 0 atom stereocenters. The van der Waals surface area contributed by atoms with Gasteiger partial charge in [-0.05, 0) is 42.5 Å². The first-order valence-electron chi connectivity index (χ1n) is 9.35. The van der Waals surface area contributed by atoms with Crippen LogP contribution < -0.4 is 19.7 Å². The van der Waals surface area contributed by atoms with Gasteiger partial charge in [0.05, 0.1) is 46.8 Å². The van der Waals surface area contributed by atoms with E-state index in [9.17, 15) is 14.4 Å². The molecule has 7 nitrogen and oxygen atoms in total. The number of nitrogens with zero attached hydrogens (tertiary/aromatic N) is 1. The zero-order valence-corrected chi connectivity index (χ0v) is 18.5. The van der Waals surface area contributed by atoms with Gasteiger partial charge in [-0.25, -0.2) is 4.90 Å². The van der Waals surface area contributed by atoms with Crippen molar-refractivity contribution in [3.05, 3.63) is 81.3 Å². The number of hydrogen-bond acceptors (Lipinski definition) is 5. The summed E-state index contributed by atoms with van der Waals surface area (Å²) in [5, 5.41) is 3.11. The van der Waals surface area contributed by atoms with Crippen LogP contribution in [0.1, 0.15) is 31.1 Å². The van der Waals surface area contributed by atoms with Crippen LogP contribution in [0, 0.1) is 0 Å². The summed E-state index contributed by atoms with van der Waals surface area (Å²) in [5.41, 5.74) is 1.20. The summed E-state index contributed by atoms with van der Waals surface area (Å²) in [4.78, 5) is 39.6. The third-order valence-electron chi connectivity index (χ3n) is 4.95. The van der Waals surface area contributed by atoms with Crippen molar-refractivity contribution in [2.75, 3.05) is 24.4 Å². The molecule has 0 saturated heterocycles. The molecular formula is C23H16Cl2N2O5. The molecule has 0 radical (unpaired) electrons. The van der Waals surface area contributed by atoms with Crippen LogP contribution in [-0.4, -0.2) is 31.9 Å². The maximum absolute atomic E-state index is 12.9. The second kappa shape index (κ2) is 8.53. The van der Waals surface area contributed by atoms with Crippen LogP contribution in [0.5, 0.6) is 11.5 Å². The molecule has 0 saturated carbocycles. The summed E-state index contributed by atoms with van der Waals surface area (Å²) < 4.78 is 10.5. The lowest BCUT2D eigenvalue weighted by atomic mass is 10.1. The van der Waals surface area contributed by atoms with Gasteiger partial charge in [0.1, 0.15) is 11.5 Å². The van der Waals surface area contributed by atoms with E-state index >= 15 is 0 Å². The third-order valence-corrected chi connectivity index (χ3v) is 5.67. The Hall–Kier alpha value is -3.55. The topological polar surface area (TPSA) is 84.9 Å². The number of methoxy groups -OCH3 is 2. The van der Waals surface area contributed by atoms with Gasteiger partial charge in [-0.1, -0.05) is 29.3 Å². The van der Waals surface area contributed by atoms with E-state index in [1.165, 1.54) is 32.4 Å². The molecule has 4 rings (SSSR count). The van der Waals surface area contributed by atoms with Crippen LogP contribution in [0.15, 0.2) is 54.6 Å². The van der Waals surface area contributed by atoms with Crippen LogP contribution in [0.4, 0.5) is 11.4 Å². The minimum atomic E-state index is -0.546. The summed E-state index contributed by atoms with van der Waals surface area (Å²) in [6.07, 6.45) is 0. The molecule has 0 spiro atoms. The van der Waals surface area contributed by atoms with E-state index in [0.717, 1.165) is 4.90 Å². The molecule has 3 aromatic rings. The van der Waals surface area contributed by atoms with Crippen molar-refractivity contribution in [1.29, 1.82) is 0 Å². The minimum Gasteiger partial charge on any atom is -0.497 e. The second-order valence-corrected chi connectivity index (χ2v) is 7.64. The Morgan fingerprint density at radius 1 is 0.875 bits per heavy atom. The van der Waals surface area contributed by atoms with Gasteiger partial charge in [0.2, 0.25) is 0 Å². The van der Waals surface area contributed by atoms with Crippen LogP contribution in [0.25, 0.3) is 0 Å². The van der Waals surface area contributed by atoms with E-state index in [0.29, 0.717) is 17.2 Å². The molecule has 0 unspecified atom stereocenters. The Kier molecular flexibility index (Phi) is 5.78. The number of ether oxygens (including phenoxy) is 2. The number of carbonyl (C=O) groups is 3. The summed E-state index contributed by atoms with van der Waals surface area (Å²) in [5.74, 6) is -0.560. The van der Waals surface area contributed by atoms with Gasteiger partial charge in [-0.15, -0.1) is 0 Å². The summed E-state index contributed by atoms with van der Waals surface area (Å²) >= 11 is 12.0. The first kappa shape index (κ1) is 21.7. The molecule has 0 aromatic heterocycles. The van der Waals surface area contributed by atoms with E-state index in [4.69, 9.17) is 32.7 Å². The number of imide groups is 1. The highest BCUT2D eigenvalue weighted by Crippen LogP contribution is 2.34. The monoisotopic (exact) mass is 470 g/mol. The zero-order valence-electron chi connectivity index (χ0n) is 16.9. The largest absolute Gasteiger partial charge is 0.497 e. The lowest BCUT2D eigenvalue weighted by molar-refractivity contribution is 0.0924. The maximum atomic E-state index is 12.9. The molecule has 32 heavy (non-hydrogen) atoms. The lowest BCUT2D eigenvalue weighted by Gasteiger charge is -2.15. The predicted molar refractivity (Wildman–Crippen MR) is 122 cm³/mol. The zero-order chi connectivity index (χ0) is 23.0. The first-order chi connectivity index (χ1) is 15.3. The number of amides is 3. The number of fused-ring (bicyclic) bond motifs is 1. The fourth-order valence-corrected chi connectivity index (χ4v) is 3.69. The molecule has 162 valence electrons. The Labute approximate surface area is 193 Å².